The predicted molar refractivity (Wildman–Crippen MR) is 113 cm³/mol. The fraction of sp³-hybridized carbons (Fsp3) is 0.273. The zero-order valence-corrected chi connectivity index (χ0v) is 16.8. The van der Waals surface area contributed by atoms with Crippen molar-refractivity contribution in [3.8, 4) is 17.0 Å². The molecule has 0 atom stereocenters. The number of methoxy groups -OCH3 is 1. The highest BCUT2D eigenvalue weighted by Gasteiger charge is 2.22. The molecule has 0 aliphatic heterocycles. The van der Waals surface area contributed by atoms with Gasteiger partial charge in [0.2, 0.25) is 0 Å². The van der Waals surface area contributed by atoms with Gasteiger partial charge in [-0.25, -0.2) is 4.98 Å². The zero-order chi connectivity index (χ0) is 20.1. The molecule has 0 spiro atoms. The third-order valence-electron chi connectivity index (χ3n) is 4.65. The molecule has 0 aliphatic carbocycles. The number of nitrogens with zero attached hydrogens (tertiary/aromatic N) is 2. The molecule has 6 nitrogen and oxygen atoms in total. The van der Waals surface area contributed by atoms with E-state index in [1.807, 2.05) is 53.9 Å². The molecular weight excluding hydrogens is 352 g/mol. The molecule has 28 heavy (non-hydrogen) atoms. The number of hydrogen-bond donors (Lipinski definition) is 2. The number of aryl methyl sites for hydroxylation is 1. The van der Waals surface area contributed by atoms with E-state index >= 15 is 0 Å². The van der Waals surface area contributed by atoms with E-state index in [2.05, 4.69) is 31.1 Å². The molecule has 1 aromatic carbocycles. The van der Waals surface area contributed by atoms with E-state index in [0.717, 1.165) is 27.9 Å². The van der Waals surface area contributed by atoms with Gasteiger partial charge in [0.1, 0.15) is 22.9 Å². The van der Waals surface area contributed by atoms with Crippen LogP contribution in [0.25, 0.3) is 27.8 Å². The molecule has 0 saturated heterocycles. The summed E-state index contributed by atoms with van der Waals surface area (Å²) in [6.07, 6.45) is 1.97. The first kappa shape index (κ1) is 18.1. The van der Waals surface area contributed by atoms with E-state index in [-0.39, 0.29) is 11.1 Å². The van der Waals surface area contributed by atoms with Gasteiger partial charge in [-0.05, 0) is 62.9 Å². The van der Waals surface area contributed by atoms with Gasteiger partial charge >= 0.3 is 0 Å². The van der Waals surface area contributed by atoms with Crippen molar-refractivity contribution in [3.05, 3.63) is 58.5 Å². The second kappa shape index (κ2) is 6.41. The van der Waals surface area contributed by atoms with Gasteiger partial charge in [0.25, 0.3) is 5.56 Å². The smallest absolute Gasteiger partial charge is 0.258 e. The van der Waals surface area contributed by atoms with Crippen LogP contribution in [0.2, 0.25) is 0 Å². The first-order valence-corrected chi connectivity index (χ1v) is 9.24. The van der Waals surface area contributed by atoms with Gasteiger partial charge < -0.3 is 15.0 Å². The molecule has 0 radical (unpaired) electrons. The van der Waals surface area contributed by atoms with E-state index in [1.54, 1.807) is 7.11 Å². The lowest BCUT2D eigenvalue weighted by Crippen LogP contribution is -2.27. The summed E-state index contributed by atoms with van der Waals surface area (Å²) in [6, 6.07) is 11.5. The van der Waals surface area contributed by atoms with E-state index in [0.29, 0.717) is 17.0 Å². The molecule has 2 N–H and O–H groups in total. The highest BCUT2D eigenvalue weighted by atomic mass is 16.5. The number of ether oxygens (including phenoxy) is 1. The largest absolute Gasteiger partial charge is 0.497 e. The first-order valence-electron chi connectivity index (χ1n) is 9.24. The van der Waals surface area contributed by atoms with Gasteiger partial charge in [0.05, 0.1) is 18.2 Å². The third-order valence-corrected chi connectivity index (χ3v) is 4.65. The maximum absolute atomic E-state index is 12.9. The lowest BCUT2D eigenvalue weighted by atomic mass is 10.1. The molecule has 0 bridgehead atoms. The van der Waals surface area contributed by atoms with Crippen molar-refractivity contribution in [2.24, 2.45) is 0 Å². The second-order valence-corrected chi connectivity index (χ2v) is 8.03. The predicted octanol–water partition coefficient (Wildman–Crippen LogP) is 4.37. The number of aromatic amines is 1. The SMILES string of the molecule is COc1ccc2cc(-c3nc4c(C)cccn4c3NC(C)(C)C)c(=O)[nH]c2c1. The number of aromatic nitrogens is 3. The van der Waals surface area contributed by atoms with E-state index in [1.165, 1.54) is 0 Å². The molecular formula is C22H24N4O2. The Morgan fingerprint density at radius 2 is 1.96 bits per heavy atom. The fourth-order valence-electron chi connectivity index (χ4n) is 3.35. The standard InChI is InChI=1S/C22H24N4O2/c1-13-7-6-10-26-19(13)24-18(20(26)25-22(2,3)4)16-11-14-8-9-15(28-5)12-17(14)23-21(16)27/h6-12,25H,1-5H3,(H,23,27). The number of hydrogen-bond acceptors (Lipinski definition) is 4. The van der Waals surface area contributed by atoms with Crippen molar-refractivity contribution >= 4 is 22.4 Å². The quantitative estimate of drug-likeness (QED) is 0.557. The number of anilines is 1. The Kier molecular flexibility index (Phi) is 4.14. The van der Waals surface area contributed by atoms with Crippen molar-refractivity contribution in [2.45, 2.75) is 33.2 Å². The van der Waals surface area contributed by atoms with E-state index in [4.69, 9.17) is 9.72 Å². The van der Waals surface area contributed by atoms with Crippen LogP contribution in [0.5, 0.6) is 5.75 Å². The van der Waals surface area contributed by atoms with Crippen LogP contribution in [0.4, 0.5) is 5.82 Å². The number of benzene rings is 1. The van der Waals surface area contributed by atoms with Gasteiger partial charge in [0.15, 0.2) is 0 Å². The monoisotopic (exact) mass is 376 g/mol. The maximum atomic E-state index is 12.9. The third kappa shape index (κ3) is 3.11. The number of nitrogens with one attached hydrogen (secondary N) is 2. The lowest BCUT2D eigenvalue weighted by Gasteiger charge is -2.22. The van der Waals surface area contributed by atoms with E-state index < -0.39 is 0 Å². The molecule has 4 aromatic rings. The maximum Gasteiger partial charge on any atom is 0.258 e. The molecule has 0 aliphatic rings. The number of imidazole rings is 1. The Bertz CT molecular complexity index is 1250. The van der Waals surface area contributed by atoms with Crippen molar-refractivity contribution in [1.29, 1.82) is 0 Å². The average Bonchev–Trinajstić information content (AvgIpc) is 2.98. The normalized spacial score (nSPS) is 11.9. The van der Waals surface area contributed by atoms with Crippen LogP contribution < -0.4 is 15.6 Å². The Morgan fingerprint density at radius 1 is 1.18 bits per heavy atom. The summed E-state index contributed by atoms with van der Waals surface area (Å²) in [5, 5.41) is 4.44. The van der Waals surface area contributed by atoms with Gasteiger partial charge in [-0.1, -0.05) is 6.07 Å². The summed E-state index contributed by atoms with van der Waals surface area (Å²) < 4.78 is 7.26. The highest BCUT2D eigenvalue weighted by molar-refractivity contribution is 5.87. The van der Waals surface area contributed by atoms with Crippen LogP contribution in [0, 0.1) is 6.92 Å². The van der Waals surface area contributed by atoms with Gasteiger partial charge in [-0.2, -0.15) is 0 Å². The Balaban J connectivity index is 2.00. The van der Waals surface area contributed by atoms with Crippen LogP contribution >= 0.6 is 0 Å². The van der Waals surface area contributed by atoms with Crippen molar-refractivity contribution < 1.29 is 4.74 Å². The van der Waals surface area contributed by atoms with Crippen LogP contribution in [-0.4, -0.2) is 27.0 Å². The topological polar surface area (TPSA) is 71.4 Å². The minimum Gasteiger partial charge on any atom is -0.497 e. The molecule has 3 heterocycles. The minimum atomic E-state index is -0.189. The Morgan fingerprint density at radius 3 is 2.68 bits per heavy atom. The van der Waals surface area contributed by atoms with Crippen molar-refractivity contribution in [2.75, 3.05) is 12.4 Å². The number of rotatable bonds is 3. The van der Waals surface area contributed by atoms with E-state index in [9.17, 15) is 4.79 Å². The second-order valence-electron chi connectivity index (χ2n) is 8.03. The van der Waals surface area contributed by atoms with Crippen molar-refractivity contribution in [3.63, 3.8) is 0 Å². The first-order chi connectivity index (χ1) is 13.3. The summed E-state index contributed by atoms with van der Waals surface area (Å²) in [4.78, 5) is 20.7. The zero-order valence-electron chi connectivity index (χ0n) is 16.8. The molecule has 6 heteroatoms. The molecule has 0 saturated carbocycles. The number of pyridine rings is 2. The number of fused-ring (bicyclic) bond motifs is 2. The summed E-state index contributed by atoms with van der Waals surface area (Å²) in [7, 11) is 1.61. The highest BCUT2D eigenvalue weighted by Crippen LogP contribution is 2.31. The summed E-state index contributed by atoms with van der Waals surface area (Å²) in [5.41, 5.74) is 3.42. The fourth-order valence-corrected chi connectivity index (χ4v) is 3.35. The van der Waals surface area contributed by atoms with Crippen LogP contribution in [0.15, 0.2) is 47.4 Å². The van der Waals surface area contributed by atoms with Gasteiger partial charge in [-0.15, -0.1) is 0 Å². The molecule has 3 aromatic heterocycles. The van der Waals surface area contributed by atoms with Gasteiger partial charge in [-0.3, -0.25) is 9.20 Å². The summed E-state index contributed by atoms with van der Waals surface area (Å²) in [5.74, 6) is 1.51. The molecule has 0 amide bonds. The molecule has 4 rings (SSSR count). The number of H-pyrrole nitrogens is 1. The van der Waals surface area contributed by atoms with Gasteiger partial charge in [0, 0.05) is 17.8 Å². The van der Waals surface area contributed by atoms with Crippen LogP contribution in [-0.2, 0) is 0 Å². The van der Waals surface area contributed by atoms with Crippen LogP contribution in [0.3, 0.4) is 0 Å². The Hall–Kier alpha value is -3.28. The Labute approximate surface area is 163 Å². The molecule has 0 fully saturated rings. The minimum absolute atomic E-state index is 0.182. The van der Waals surface area contributed by atoms with Crippen LogP contribution in [0.1, 0.15) is 26.3 Å². The molecule has 144 valence electrons. The average molecular weight is 376 g/mol. The summed E-state index contributed by atoms with van der Waals surface area (Å²) >= 11 is 0. The van der Waals surface area contributed by atoms with Crippen molar-refractivity contribution in [1.82, 2.24) is 14.4 Å². The summed E-state index contributed by atoms with van der Waals surface area (Å²) in [6.45, 7) is 8.28. The molecule has 0 unspecified atom stereocenters. The lowest BCUT2D eigenvalue weighted by molar-refractivity contribution is 0.415.